The monoisotopic (exact) mass is 142 g/mol. The Labute approximate surface area is 65.0 Å². The molecule has 0 aromatic carbocycles. The normalized spacial score (nSPS) is 56.6. The maximum absolute atomic E-state index is 7.36. The largest absolute Gasteiger partial charge is 0.328 e. The highest BCUT2D eigenvalue weighted by atomic mass is 15.0. The first-order valence-corrected chi connectivity index (χ1v) is 4.02. The van der Waals surface area contributed by atoms with Gasteiger partial charge in [-0.3, -0.25) is 0 Å². The van der Waals surface area contributed by atoms with Crippen LogP contribution in [0.15, 0.2) is 0 Å². The fourth-order valence-electron chi connectivity index (χ4n) is 2.32. The predicted molar refractivity (Wildman–Crippen MR) is 41.7 cm³/mol. The minimum Gasteiger partial charge on any atom is -0.328 e. The van der Waals surface area contributed by atoms with Crippen LogP contribution >= 0.6 is 0 Å². The average Bonchev–Trinajstić information content (AvgIpc) is 2.43. The van der Waals surface area contributed by atoms with E-state index in [1.807, 2.05) is 0 Å². The van der Waals surface area contributed by atoms with Gasteiger partial charge in [0.15, 0.2) is 0 Å². The van der Waals surface area contributed by atoms with Crippen LogP contribution in [0.1, 0.15) is 22.5 Å². The van der Waals surface area contributed by atoms with Crippen LogP contribution in [-0.4, -0.2) is 18.6 Å². The molecule has 0 aromatic heterocycles. The highest BCUT2D eigenvalue weighted by Crippen LogP contribution is 2.36. The summed E-state index contributed by atoms with van der Waals surface area (Å²) in [6.07, 6.45) is 2.09. The SMILES string of the molecule is [2H]C([2H])C1NCC2CC(N)CC21. The van der Waals surface area contributed by atoms with E-state index in [2.05, 4.69) is 5.32 Å². The van der Waals surface area contributed by atoms with Gasteiger partial charge in [-0.2, -0.15) is 0 Å². The average molecular weight is 142 g/mol. The molecule has 1 saturated carbocycles. The fourth-order valence-corrected chi connectivity index (χ4v) is 2.32. The summed E-state index contributed by atoms with van der Waals surface area (Å²) in [5.41, 5.74) is 5.84. The van der Waals surface area contributed by atoms with Crippen molar-refractivity contribution in [2.75, 3.05) is 6.54 Å². The molecule has 2 aliphatic rings. The third kappa shape index (κ3) is 0.867. The number of nitrogens with two attached hydrogens (primary N) is 1. The standard InChI is InChI=1S/C8H16N2/c1-5-8-3-7(9)2-6(8)4-10-5/h5-8,10H,2-4,9H2,1H3/i1D2. The maximum atomic E-state index is 7.36. The molecule has 1 aliphatic heterocycles. The van der Waals surface area contributed by atoms with Crippen molar-refractivity contribution in [1.82, 2.24) is 5.32 Å². The van der Waals surface area contributed by atoms with Crippen molar-refractivity contribution in [1.29, 1.82) is 0 Å². The topological polar surface area (TPSA) is 38.0 Å². The second kappa shape index (κ2) is 2.21. The zero-order chi connectivity index (χ0) is 8.72. The Balaban J connectivity index is 2.03. The minimum atomic E-state index is -0.731. The molecule has 0 radical (unpaired) electrons. The molecule has 2 heteroatoms. The van der Waals surface area contributed by atoms with E-state index in [1.165, 1.54) is 0 Å². The molecule has 2 nitrogen and oxygen atoms in total. The van der Waals surface area contributed by atoms with E-state index in [1.54, 1.807) is 0 Å². The van der Waals surface area contributed by atoms with Gasteiger partial charge in [-0.25, -0.2) is 0 Å². The number of hydrogen-bond acceptors (Lipinski definition) is 2. The van der Waals surface area contributed by atoms with Gasteiger partial charge in [-0.1, -0.05) is 0 Å². The molecule has 4 atom stereocenters. The zero-order valence-electron chi connectivity index (χ0n) is 8.09. The summed E-state index contributed by atoms with van der Waals surface area (Å²) in [5, 5.41) is 3.25. The Morgan fingerprint density at radius 2 is 2.50 bits per heavy atom. The highest BCUT2D eigenvalue weighted by molar-refractivity contribution is 4.96. The molecule has 0 amide bonds. The Morgan fingerprint density at radius 1 is 1.60 bits per heavy atom. The number of hydrogen-bond donors (Lipinski definition) is 2. The number of nitrogens with one attached hydrogen (secondary N) is 1. The molecule has 0 spiro atoms. The molecule has 2 rings (SSSR count). The van der Waals surface area contributed by atoms with Crippen molar-refractivity contribution in [3.63, 3.8) is 0 Å². The summed E-state index contributed by atoms with van der Waals surface area (Å²) < 4.78 is 14.7. The van der Waals surface area contributed by atoms with E-state index < -0.39 is 6.88 Å². The van der Waals surface area contributed by atoms with Gasteiger partial charge in [-0.15, -0.1) is 0 Å². The molecule has 58 valence electrons. The van der Waals surface area contributed by atoms with Crippen LogP contribution in [0.2, 0.25) is 0 Å². The summed E-state index contributed by atoms with van der Waals surface area (Å²) in [5.74, 6) is 1.14. The van der Waals surface area contributed by atoms with Crippen molar-refractivity contribution >= 4 is 0 Å². The molecule has 1 saturated heterocycles. The number of fused-ring (bicyclic) bond motifs is 1. The molecule has 1 aliphatic carbocycles. The zero-order valence-corrected chi connectivity index (χ0v) is 6.09. The second-order valence-electron chi connectivity index (χ2n) is 3.59. The van der Waals surface area contributed by atoms with Gasteiger partial charge in [0.25, 0.3) is 0 Å². The van der Waals surface area contributed by atoms with E-state index in [9.17, 15) is 0 Å². The van der Waals surface area contributed by atoms with E-state index in [0.29, 0.717) is 17.9 Å². The summed E-state index contributed by atoms with van der Waals surface area (Å²) in [6, 6.07) is 0.395. The minimum absolute atomic E-state index is 0.0727. The molecule has 0 aromatic rings. The first-order chi connectivity index (χ1) is 5.68. The Hall–Kier alpha value is -0.0800. The Bertz CT molecular complexity index is 174. The number of rotatable bonds is 0. The lowest BCUT2D eigenvalue weighted by atomic mass is 9.95. The van der Waals surface area contributed by atoms with Crippen molar-refractivity contribution in [3.8, 4) is 0 Å². The molecule has 1 heterocycles. The third-order valence-corrected chi connectivity index (χ3v) is 2.86. The van der Waals surface area contributed by atoms with Crippen molar-refractivity contribution in [2.24, 2.45) is 17.6 Å². The summed E-state index contributed by atoms with van der Waals surface area (Å²) in [7, 11) is 0. The summed E-state index contributed by atoms with van der Waals surface area (Å²) in [6.45, 7) is 0.238. The van der Waals surface area contributed by atoms with Gasteiger partial charge in [0.2, 0.25) is 0 Å². The van der Waals surface area contributed by atoms with Crippen LogP contribution in [0.5, 0.6) is 0 Å². The van der Waals surface area contributed by atoms with Crippen molar-refractivity contribution in [2.45, 2.75) is 31.8 Å². The second-order valence-corrected chi connectivity index (χ2v) is 3.59. The van der Waals surface area contributed by atoms with Crippen LogP contribution in [0.4, 0.5) is 0 Å². The van der Waals surface area contributed by atoms with Crippen LogP contribution in [0.25, 0.3) is 0 Å². The van der Waals surface area contributed by atoms with E-state index >= 15 is 0 Å². The molecular weight excluding hydrogens is 124 g/mol. The molecule has 10 heavy (non-hydrogen) atoms. The lowest BCUT2D eigenvalue weighted by Gasteiger charge is -2.11. The molecular formula is C8H16N2. The maximum Gasteiger partial charge on any atom is 0.0246 e. The first kappa shape index (κ1) is 4.73. The van der Waals surface area contributed by atoms with E-state index in [0.717, 1.165) is 19.4 Å². The quantitative estimate of drug-likeness (QED) is 0.511. The Kier molecular flexibility index (Phi) is 1.04. The summed E-state index contributed by atoms with van der Waals surface area (Å²) >= 11 is 0. The van der Waals surface area contributed by atoms with Crippen molar-refractivity contribution < 1.29 is 2.74 Å². The molecule has 0 bridgehead atoms. The van der Waals surface area contributed by atoms with Crippen LogP contribution in [-0.2, 0) is 0 Å². The Morgan fingerprint density at radius 3 is 3.30 bits per heavy atom. The van der Waals surface area contributed by atoms with Crippen LogP contribution in [0.3, 0.4) is 0 Å². The van der Waals surface area contributed by atoms with Gasteiger partial charge in [-0.05, 0) is 38.1 Å². The molecule has 3 N–H and O–H groups in total. The van der Waals surface area contributed by atoms with Gasteiger partial charge >= 0.3 is 0 Å². The summed E-state index contributed by atoms with van der Waals surface area (Å²) in [4.78, 5) is 0. The molecule has 2 fully saturated rings. The highest BCUT2D eigenvalue weighted by Gasteiger charge is 2.39. The van der Waals surface area contributed by atoms with Gasteiger partial charge in [0, 0.05) is 14.8 Å². The predicted octanol–water partition coefficient (Wildman–Crippen LogP) is 0.332. The van der Waals surface area contributed by atoms with E-state index in [-0.39, 0.29) is 6.04 Å². The third-order valence-electron chi connectivity index (χ3n) is 2.86. The first-order valence-electron chi connectivity index (χ1n) is 5.17. The van der Waals surface area contributed by atoms with E-state index in [4.69, 9.17) is 8.48 Å². The lowest BCUT2D eigenvalue weighted by molar-refractivity contribution is 0.430. The van der Waals surface area contributed by atoms with Gasteiger partial charge in [0.05, 0.1) is 0 Å². The fraction of sp³-hybridized carbons (Fsp3) is 1.00. The van der Waals surface area contributed by atoms with Crippen LogP contribution < -0.4 is 11.1 Å². The molecule has 4 unspecified atom stereocenters. The van der Waals surface area contributed by atoms with Gasteiger partial charge in [0.1, 0.15) is 0 Å². The van der Waals surface area contributed by atoms with Gasteiger partial charge < -0.3 is 11.1 Å². The van der Waals surface area contributed by atoms with Crippen LogP contribution in [0, 0.1) is 11.8 Å². The van der Waals surface area contributed by atoms with Crippen molar-refractivity contribution in [3.05, 3.63) is 0 Å². The smallest absolute Gasteiger partial charge is 0.0246 e. The lowest BCUT2D eigenvalue weighted by Crippen LogP contribution is -2.26.